The number of hydrogen-bond donors (Lipinski definition) is 1. The van der Waals surface area contributed by atoms with Crippen LogP contribution in [0.5, 0.6) is 17.4 Å². The largest absolute Gasteiger partial charge is 0.497 e. The van der Waals surface area contributed by atoms with E-state index in [2.05, 4.69) is 0 Å². The summed E-state index contributed by atoms with van der Waals surface area (Å²) in [6.07, 6.45) is 1.36. The van der Waals surface area contributed by atoms with Crippen molar-refractivity contribution in [1.29, 1.82) is 5.26 Å². The Morgan fingerprint density at radius 1 is 1.34 bits per heavy atom. The van der Waals surface area contributed by atoms with E-state index in [1.807, 2.05) is 6.07 Å². The number of nitrogens with zero attached hydrogens (tertiary/aromatic N) is 2. The van der Waals surface area contributed by atoms with E-state index in [0.29, 0.717) is 18.1 Å². The van der Waals surface area contributed by atoms with Crippen LogP contribution in [0.4, 0.5) is 0 Å². The molecule has 29 heavy (non-hydrogen) atoms. The second-order valence-electron chi connectivity index (χ2n) is 6.75. The van der Waals surface area contributed by atoms with Gasteiger partial charge in [-0.15, -0.1) is 0 Å². The van der Waals surface area contributed by atoms with Crippen LogP contribution in [-0.2, 0) is 11.3 Å². The molecular weight excluding hydrogens is 376 g/mol. The van der Waals surface area contributed by atoms with E-state index in [-0.39, 0.29) is 35.9 Å². The lowest BCUT2D eigenvalue weighted by Gasteiger charge is -2.18. The summed E-state index contributed by atoms with van der Waals surface area (Å²) < 4.78 is 17.1. The van der Waals surface area contributed by atoms with E-state index >= 15 is 0 Å². The van der Waals surface area contributed by atoms with Crippen molar-refractivity contribution in [3.63, 3.8) is 0 Å². The second-order valence-corrected chi connectivity index (χ2v) is 6.75. The Bertz CT molecular complexity index is 998. The third-order valence-electron chi connectivity index (χ3n) is 4.92. The Morgan fingerprint density at radius 3 is 2.62 bits per heavy atom. The molecule has 0 saturated carbocycles. The Morgan fingerprint density at radius 2 is 2.03 bits per heavy atom. The van der Waals surface area contributed by atoms with Crippen LogP contribution < -0.4 is 15.0 Å². The van der Waals surface area contributed by atoms with Gasteiger partial charge in [-0.05, 0) is 49.6 Å². The molecule has 8 heteroatoms. The zero-order valence-corrected chi connectivity index (χ0v) is 16.3. The molecule has 1 fully saturated rings. The van der Waals surface area contributed by atoms with E-state index in [1.165, 1.54) is 6.92 Å². The van der Waals surface area contributed by atoms with E-state index in [9.17, 15) is 20.0 Å². The van der Waals surface area contributed by atoms with Crippen LogP contribution in [-0.4, -0.2) is 41.9 Å². The van der Waals surface area contributed by atoms with Gasteiger partial charge in [-0.3, -0.25) is 14.2 Å². The summed E-state index contributed by atoms with van der Waals surface area (Å²) >= 11 is 0. The summed E-state index contributed by atoms with van der Waals surface area (Å²) in [6, 6.07) is 8.53. The molecule has 1 atom stereocenters. The van der Waals surface area contributed by atoms with Gasteiger partial charge in [-0.1, -0.05) is 0 Å². The molecule has 1 unspecified atom stereocenters. The van der Waals surface area contributed by atoms with Crippen molar-refractivity contribution in [2.45, 2.75) is 32.4 Å². The Kier molecular flexibility index (Phi) is 6.20. The molecule has 1 saturated heterocycles. The summed E-state index contributed by atoms with van der Waals surface area (Å²) in [6.45, 7) is 1.78. The SMILES string of the molecule is COc1ccc(OCC(=O)c2c(C)c(C#N)c(=O)n(CC3CCCO3)c2O)cc1. The van der Waals surface area contributed by atoms with E-state index in [0.717, 1.165) is 17.4 Å². The first-order chi connectivity index (χ1) is 14.0. The van der Waals surface area contributed by atoms with Crippen LogP contribution in [0.3, 0.4) is 0 Å². The van der Waals surface area contributed by atoms with Gasteiger partial charge in [0.25, 0.3) is 5.56 Å². The van der Waals surface area contributed by atoms with Crippen molar-refractivity contribution >= 4 is 5.78 Å². The average Bonchev–Trinajstić information content (AvgIpc) is 3.23. The second kappa shape index (κ2) is 8.80. The molecule has 0 spiro atoms. The number of carbonyl (C=O) groups is 1. The number of pyridine rings is 1. The topological polar surface area (TPSA) is 111 Å². The number of ketones is 1. The van der Waals surface area contributed by atoms with E-state index in [4.69, 9.17) is 14.2 Å². The zero-order chi connectivity index (χ0) is 21.0. The van der Waals surface area contributed by atoms with Crippen molar-refractivity contribution in [3.05, 3.63) is 51.3 Å². The maximum Gasteiger partial charge on any atom is 0.271 e. The first-order valence-corrected chi connectivity index (χ1v) is 9.24. The first-order valence-electron chi connectivity index (χ1n) is 9.24. The predicted octanol–water partition coefficient (Wildman–Crippen LogP) is 2.18. The standard InChI is InChI=1S/C21H22N2O6/c1-13-17(10-22)20(25)23(11-16-4-3-9-28-16)21(26)19(13)18(24)12-29-15-7-5-14(27-2)6-8-15/h5-8,16,26H,3-4,9,11-12H2,1-2H3. The molecule has 1 aromatic heterocycles. The normalized spacial score (nSPS) is 15.7. The minimum absolute atomic E-state index is 0.0826. The average molecular weight is 398 g/mol. The van der Waals surface area contributed by atoms with Crippen molar-refractivity contribution in [3.8, 4) is 23.4 Å². The third-order valence-corrected chi connectivity index (χ3v) is 4.92. The van der Waals surface area contributed by atoms with Crippen molar-refractivity contribution in [2.75, 3.05) is 20.3 Å². The summed E-state index contributed by atoms with van der Waals surface area (Å²) in [5, 5.41) is 20.1. The Hall–Kier alpha value is -3.31. The van der Waals surface area contributed by atoms with Gasteiger partial charge in [0.1, 0.15) is 23.1 Å². The van der Waals surface area contributed by atoms with Crippen molar-refractivity contribution < 1.29 is 24.1 Å². The summed E-state index contributed by atoms with van der Waals surface area (Å²) in [4.78, 5) is 25.4. The molecule has 3 rings (SSSR count). The molecule has 1 aliphatic heterocycles. The molecule has 1 N–H and O–H groups in total. The quantitative estimate of drug-likeness (QED) is 0.712. The number of Topliss-reactive ketones (excluding diaryl/α,β-unsaturated/α-hetero) is 1. The van der Waals surface area contributed by atoms with Crippen LogP contribution in [0.2, 0.25) is 0 Å². The van der Waals surface area contributed by atoms with Gasteiger partial charge in [0.05, 0.1) is 25.3 Å². The van der Waals surface area contributed by atoms with Crippen LogP contribution in [0.25, 0.3) is 0 Å². The minimum atomic E-state index is -0.634. The molecule has 0 aliphatic carbocycles. The fraction of sp³-hybridized carbons (Fsp3) is 0.381. The van der Waals surface area contributed by atoms with E-state index < -0.39 is 17.2 Å². The summed E-state index contributed by atoms with van der Waals surface area (Å²) in [5.41, 5.74) is -0.756. The van der Waals surface area contributed by atoms with Gasteiger partial charge in [0.2, 0.25) is 11.7 Å². The lowest BCUT2D eigenvalue weighted by molar-refractivity contribution is 0.0894. The summed E-state index contributed by atoms with van der Waals surface area (Å²) in [5.74, 6) is 0.0975. The number of methoxy groups -OCH3 is 1. The van der Waals surface area contributed by atoms with Crippen LogP contribution in [0.15, 0.2) is 29.1 Å². The molecule has 2 heterocycles. The molecule has 152 valence electrons. The number of hydrogen-bond acceptors (Lipinski definition) is 7. The van der Waals surface area contributed by atoms with Crippen LogP contribution >= 0.6 is 0 Å². The minimum Gasteiger partial charge on any atom is -0.497 e. The number of aromatic hydroxyl groups is 1. The highest BCUT2D eigenvalue weighted by Gasteiger charge is 2.26. The highest BCUT2D eigenvalue weighted by Crippen LogP contribution is 2.25. The fourth-order valence-electron chi connectivity index (χ4n) is 3.34. The lowest BCUT2D eigenvalue weighted by atomic mass is 10.0. The molecule has 0 radical (unpaired) electrons. The Labute approximate surface area is 167 Å². The maximum absolute atomic E-state index is 12.8. The molecule has 0 bridgehead atoms. The van der Waals surface area contributed by atoms with Gasteiger partial charge in [-0.25, -0.2) is 0 Å². The first kappa shape index (κ1) is 20.4. The number of nitriles is 1. The molecule has 1 aromatic carbocycles. The molecule has 8 nitrogen and oxygen atoms in total. The molecule has 1 aliphatic rings. The predicted molar refractivity (Wildman–Crippen MR) is 104 cm³/mol. The smallest absolute Gasteiger partial charge is 0.271 e. The monoisotopic (exact) mass is 398 g/mol. The van der Waals surface area contributed by atoms with Gasteiger partial charge in [0.15, 0.2) is 6.61 Å². The third kappa shape index (κ3) is 4.25. The molecule has 0 amide bonds. The number of carbonyl (C=O) groups excluding carboxylic acids is 1. The number of aromatic nitrogens is 1. The zero-order valence-electron chi connectivity index (χ0n) is 16.3. The van der Waals surface area contributed by atoms with Gasteiger partial charge >= 0.3 is 0 Å². The molecular formula is C21H22N2O6. The van der Waals surface area contributed by atoms with Gasteiger partial charge < -0.3 is 19.3 Å². The van der Waals surface area contributed by atoms with Crippen molar-refractivity contribution in [2.24, 2.45) is 0 Å². The summed E-state index contributed by atoms with van der Waals surface area (Å²) in [7, 11) is 1.54. The molecule has 2 aromatic rings. The van der Waals surface area contributed by atoms with Gasteiger partial charge in [-0.2, -0.15) is 5.26 Å². The number of rotatable bonds is 7. The number of ether oxygens (including phenoxy) is 3. The highest BCUT2D eigenvalue weighted by atomic mass is 16.5. The van der Waals surface area contributed by atoms with E-state index in [1.54, 1.807) is 31.4 Å². The van der Waals surface area contributed by atoms with Crippen LogP contribution in [0.1, 0.15) is 34.3 Å². The van der Waals surface area contributed by atoms with Crippen LogP contribution in [0, 0.1) is 18.3 Å². The highest BCUT2D eigenvalue weighted by molar-refractivity contribution is 6.01. The van der Waals surface area contributed by atoms with Gasteiger partial charge in [0, 0.05) is 6.61 Å². The Balaban J connectivity index is 1.88. The van der Waals surface area contributed by atoms with Crippen molar-refractivity contribution in [1.82, 2.24) is 4.57 Å². The fourth-order valence-corrected chi connectivity index (χ4v) is 3.34. The maximum atomic E-state index is 12.8. The lowest BCUT2D eigenvalue weighted by Crippen LogP contribution is -2.31. The number of benzene rings is 1.